The summed E-state index contributed by atoms with van der Waals surface area (Å²) < 4.78 is 0. The fraction of sp³-hybridized carbons (Fsp3) is 0.647. The predicted octanol–water partition coefficient (Wildman–Crippen LogP) is 1.12. The van der Waals surface area contributed by atoms with Crippen molar-refractivity contribution in [2.24, 2.45) is 0 Å². The van der Waals surface area contributed by atoms with Gasteiger partial charge in [-0.1, -0.05) is 6.07 Å². The summed E-state index contributed by atoms with van der Waals surface area (Å²) in [4.78, 5) is 18.9. The van der Waals surface area contributed by atoms with Gasteiger partial charge in [-0.3, -0.25) is 10.9 Å². The highest BCUT2D eigenvalue weighted by molar-refractivity contribution is 5.74. The van der Waals surface area contributed by atoms with Crippen molar-refractivity contribution in [3.63, 3.8) is 0 Å². The quantitative estimate of drug-likeness (QED) is 0.664. The number of carbonyl (C=O) groups is 1. The molecular weight excluding hydrogens is 304 g/mol. The Balaban J connectivity index is 1.46. The zero-order valence-corrected chi connectivity index (χ0v) is 14.5. The standard InChI is InChI=1S/C17H28N6O/c1-12-16(13(2)22-21-12)20-17(24)19-11-14-6-7-15(18-10-14)23-8-4-3-5-9-23/h6-7,10,12-13,16,21-22H,3-5,8-9,11H2,1-2H3,(H2,19,20,24). The van der Waals surface area contributed by atoms with Gasteiger partial charge in [0.05, 0.1) is 6.04 Å². The number of rotatable bonds is 4. The molecular formula is C17H28N6O. The van der Waals surface area contributed by atoms with Gasteiger partial charge in [0, 0.05) is 37.9 Å². The molecule has 0 spiro atoms. The Hall–Kier alpha value is -1.86. The first-order valence-electron chi connectivity index (χ1n) is 8.89. The summed E-state index contributed by atoms with van der Waals surface area (Å²) >= 11 is 0. The fourth-order valence-corrected chi connectivity index (χ4v) is 3.34. The smallest absolute Gasteiger partial charge is 0.315 e. The van der Waals surface area contributed by atoms with Crippen LogP contribution in [0.3, 0.4) is 0 Å². The SMILES string of the molecule is CC1NNC(C)C1NC(=O)NCc1ccc(N2CCCCC2)nc1. The lowest BCUT2D eigenvalue weighted by molar-refractivity contribution is 0.234. The summed E-state index contributed by atoms with van der Waals surface area (Å²) in [5, 5.41) is 5.91. The summed E-state index contributed by atoms with van der Waals surface area (Å²) in [6, 6.07) is 4.43. The Morgan fingerprint density at radius 3 is 2.54 bits per heavy atom. The molecule has 2 saturated heterocycles. The minimum Gasteiger partial charge on any atom is -0.357 e. The zero-order valence-electron chi connectivity index (χ0n) is 14.5. The number of carbonyl (C=O) groups excluding carboxylic acids is 1. The number of hydrogen-bond acceptors (Lipinski definition) is 5. The summed E-state index contributed by atoms with van der Waals surface area (Å²) in [6.45, 7) is 6.75. The van der Waals surface area contributed by atoms with Gasteiger partial charge in [-0.2, -0.15) is 0 Å². The van der Waals surface area contributed by atoms with Crippen molar-refractivity contribution < 1.29 is 4.79 Å². The lowest BCUT2D eigenvalue weighted by Crippen LogP contribution is -2.49. The van der Waals surface area contributed by atoms with E-state index < -0.39 is 0 Å². The third-order valence-corrected chi connectivity index (χ3v) is 4.86. The molecule has 2 amide bonds. The highest BCUT2D eigenvalue weighted by atomic mass is 16.2. The van der Waals surface area contributed by atoms with Gasteiger partial charge in [0.2, 0.25) is 0 Å². The summed E-state index contributed by atoms with van der Waals surface area (Å²) in [6.07, 6.45) is 5.66. The molecule has 2 aliphatic heterocycles. The van der Waals surface area contributed by atoms with E-state index >= 15 is 0 Å². The van der Waals surface area contributed by atoms with Crippen molar-refractivity contribution in [1.29, 1.82) is 0 Å². The maximum absolute atomic E-state index is 12.1. The van der Waals surface area contributed by atoms with Crippen LogP contribution in [-0.2, 0) is 6.54 Å². The molecule has 0 radical (unpaired) electrons. The molecule has 1 aromatic rings. The number of nitrogens with one attached hydrogen (secondary N) is 4. The lowest BCUT2D eigenvalue weighted by atomic mass is 10.1. The maximum Gasteiger partial charge on any atom is 0.315 e. The molecule has 7 nitrogen and oxygen atoms in total. The molecule has 1 aromatic heterocycles. The van der Waals surface area contributed by atoms with Crippen LogP contribution in [0, 0.1) is 0 Å². The second-order valence-corrected chi connectivity index (χ2v) is 6.79. The molecule has 2 aliphatic rings. The van der Waals surface area contributed by atoms with Crippen LogP contribution >= 0.6 is 0 Å². The van der Waals surface area contributed by atoms with Gasteiger partial charge in [-0.25, -0.2) is 9.78 Å². The van der Waals surface area contributed by atoms with Crippen LogP contribution in [0.1, 0.15) is 38.7 Å². The first kappa shape index (κ1) is 17.0. The minimum atomic E-state index is -0.149. The molecule has 3 heterocycles. The minimum absolute atomic E-state index is 0.0737. The molecule has 4 N–H and O–H groups in total. The molecule has 2 unspecified atom stereocenters. The van der Waals surface area contributed by atoms with Gasteiger partial charge >= 0.3 is 6.03 Å². The lowest BCUT2D eigenvalue weighted by Gasteiger charge is -2.27. The normalized spacial score (nSPS) is 27.1. The summed E-state index contributed by atoms with van der Waals surface area (Å²) in [5.74, 6) is 1.04. The van der Waals surface area contributed by atoms with Crippen LogP contribution in [-0.4, -0.2) is 42.2 Å². The second-order valence-electron chi connectivity index (χ2n) is 6.79. The number of urea groups is 1. The monoisotopic (exact) mass is 332 g/mol. The van der Waals surface area contributed by atoms with E-state index in [9.17, 15) is 4.79 Å². The second kappa shape index (κ2) is 7.81. The summed E-state index contributed by atoms with van der Waals surface area (Å²) in [5.41, 5.74) is 7.27. The van der Waals surface area contributed by atoms with E-state index in [0.717, 1.165) is 24.5 Å². The van der Waals surface area contributed by atoms with E-state index in [2.05, 4.69) is 37.4 Å². The average molecular weight is 332 g/mol. The highest BCUT2D eigenvalue weighted by Crippen LogP contribution is 2.17. The van der Waals surface area contributed by atoms with Gasteiger partial charge in [-0.05, 0) is 44.7 Å². The van der Waals surface area contributed by atoms with Crippen molar-refractivity contribution in [3.05, 3.63) is 23.9 Å². The van der Waals surface area contributed by atoms with Gasteiger partial charge < -0.3 is 15.5 Å². The van der Waals surface area contributed by atoms with E-state index in [4.69, 9.17) is 0 Å². The number of anilines is 1. The Labute approximate surface area is 143 Å². The number of amides is 2. The van der Waals surface area contributed by atoms with Crippen LogP contribution in [0.5, 0.6) is 0 Å². The molecule has 7 heteroatoms. The van der Waals surface area contributed by atoms with Crippen LogP contribution in [0.15, 0.2) is 18.3 Å². The average Bonchev–Trinajstić information content (AvgIpc) is 2.93. The first-order valence-corrected chi connectivity index (χ1v) is 8.89. The van der Waals surface area contributed by atoms with Crippen molar-refractivity contribution >= 4 is 11.8 Å². The van der Waals surface area contributed by atoms with Crippen LogP contribution in [0.4, 0.5) is 10.6 Å². The molecule has 0 aliphatic carbocycles. The van der Waals surface area contributed by atoms with Gasteiger partial charge in [0.25, 0.3) is 0 Å². The van der Waals surface area contributed by atoms with Crippen molar-refractivity contribution in [2.75, 3.05) is 18.0 Å². The molecule has 3 rings (SSSR count). The van der Waals surface area contributed by atoms with Gasteiger partial charge in [-0.15, -0.1) is 0 Å². The Morgan fingerprint density at radius 1 is 1.21 bits per heavy atom. The summed E-state index contributed by atoms with van der Waals surface area (Å²) in [7, 11) is 0. The number of piperidine rings is 1. The van der Waals surface area contributed by atoms with Gasteiger partial charge in [0.1, 0.15) is 5.82 Å². The molecule has 24 heavy (non-hydrogen) atoms. The topological polar surface area (TPSA) is 81.3 Å². The van der Waals surface area contributed by atoms with E-state index in [-0.39, 0.29) is 24.2 Å². The van der Waals surface area contributed by atoms with E-state index in [1.807, 2.05) is 26.1 Å². The molecule has 0 aromatic carbocycles. The van der Waals surface area contributed by atoms with Gasteiger partial charge in [0.15, 0.2) is 0 Å². The Bertz CT molecular complexity index is 533. The van der Waals surface area contributed by atoms with Crippen LogP contribution in [0.25, 0.3) is 0 Å². The predicted molar refractivity (Wildman–Crippen MR) is 94.7 cm³/mol. The number of pyridine rings is 1. The Morgan fingerprint density at radius 2 is 1.92 bits per heavy atom. The van der Waals surface area contributed by atoms with Crippen molar-refractivity contribution in [1.82, 2.24) is 26.5 Å². The number of aromatic nitrogens is 1. The number of hydrogen-bond donors (Lipinski definition) is 4. The number of nitrogens with zero attached hydrogens (tertiary/aromatic N) is 2. The van der Waals surface area contributed by atoms with E-state index in [1.54, 1.807) is 0 Å². The third kappa shape index (κ3) is 4.15. The van der Waals surface area contributed by atoms with Crippen molar-refractivity contribution in [3.8, 4) is 0 Å². The van der Waals surface area contributed by atoms with E-state index in [0.29, 0.717) is 6.54 Å². The van der Waals surface area contributed by atoms with Crippen molar-refractivity contribution in [2.45, 2.75) is 57.8 Å². The maximum atomic E-state index is 12.1. The first-order chi connectivity index (χ1) is 11.6. The third-order valence-electron chi connectivity index (χ3n) is 4.86. The molecule has 0 bridgehead atoms. The molecule has 132 valence electrons. The largest absolute Gasteiger partial charge is 0.357 e. The molecule has 0 saturated carbocycles. The molecule has 2 fully saturated rings. The van der Waals surface area contributed by atoms with Crippen LogP contribution in [0.2, 0.25) is 0 Å². The number of hydrazine groups is 1. The Kier molecular flexibility index (Phi) is 5.52. The molecule has 2 atom stereocenters. The van der Waals surface area contributed by atoms with E-state index in [1.165, 1.54) is 19.3 Å². The van der Waals surface area contributed by atoms with Crippen LogP contribution < -0.4 is 26.4 Å². The zero-order chi connectivity index (χ0) is 16.9. The highest BCUT2D eigenvalue weighted by Gasteiger charge is 2.30. The fourth-order valence-electron chi connectivity index (χ4n) is 3.34.